The molecule has 29 heavy (non-hydrogen) atoms. The number of amides is 2. The molecule has 3 aromatic rings. The summed E-state index contributed by atoms with van der Waals surface area (Å²) in [5, 5.41) is 17.2. The van der Waals surface area contributed by atoms with Crippen LogP contribution in [0.4, 0.5) is 11.4 Å². The van der Waals surface area contributed by atoms with Crippen molar-refractivity contribution in [2.45, 2.75) is 25.8 Å². The Morgan fingerprint density at radius 2 is 1.72 bits per heavy atom. The monoisotopic (exact) mass is 394 g/mol. The fourth-order valence-corrected chi connectivity index (χ4v) is 3.38. The maximum Gasteiger partial charge on any atom is 0.291 e. The Bertz CT molecular complexity index is 988. The summed E-state index contributed by atoms with van der Waals surface area (Å²) >= 11 is 0. The molecule has 0 atom stereocenters. The fraction of sp³-hybridized carbons (Fsp3) is 0.300. The Kier molecular flexibility index (Phi) is 5.39. The van der Waals surface area contributed by atoms with Gasteiger partial charge in [0.15, 0.2) is 11.5 Å². The van der Waals surface area contributed by atoms with Gasteiger partial charge >= 0.3 is 0 Å². The van der Waals surface area contributed by atoms with E-state index in [-0.39, 0.29) is 23.6 Å². The number of nitrogens with one attached hydrogen (secondary N) is 3. The minimum atomic E-state index is -0.336. The van der Waals surface area contributed by atoms with Crippen LogP contribution < -0.4 is 16.0 Å². The quantitative estimate of drug-likeness (QED) is 0.613. The van der Waals surface area contributed by atoms with E-state index in [1.54, 1.807) is 36.4 Å². The number of benzene rings is 1. The highest BCUT2D eigenvalue weighted by Crippen LogP contribution is 2.21. The van der Waals surface area contributed by atoms with Gasteiger partial charge in [-0.05, 0) is 69.3 Å². The molecule has 9 heteroatoms. The molecule has 0 spiro atoms. The maximum absolute atomic E-state index is 12.6. The Morgan fingerprint density at radius 3 is 2.34 bits per heavy atom. The van der Waals surface area contributed by atoms with Crippen molar-refractivity contribution in [3.05, 3.63) is 59.8 Å². The highest BCUT2D eigenvalue weighted by Gasteiger charge is 2.23. The zero-order valence-corrected chi connectivity index (χ0v) is 16.0. The smallest absolute Gasteiger partial charge is 0.291 e. The van der Waals surface area contributed by atoms with Crippen molar-refractivity contribution in [2.24, 2.45) is 0 Å². The van der Waals surface area contributed by atoms with E-state index < -0.39 is 0 Å². The highest BCUT2D eigenvalue weighted by atomic mass is 16.3. The van der Waals surface area contributed by atoms with E-state index in [1.165, 1.54) is 6.26 Å². The lowest BCUT2D eigenvalue weighted by Gasteiger charge is -2.23. The molecule has 3 N–H and O–H groups in total. The number of anilines is 2. The number of hydrogen-bond donors (Lipinski definition) is 3. The predicted molar refractivity (Wildman–Crippen MR) is 107 cm³/mol. The largest absolute Gasteiger partial charge is 0.459 e. The molecule has 2 amide bonds. The SMILES string of the molecule is Cc1c(C(=O)Nc2ccc(NC(=O)c3ccco3)cc2)nnn1C1CCNCC1. The van der Waals surface area contributed by atoms with Crippen molar-refractivity contribution < 1.29 is 14.0 Å². The standard InChI is InChI=1S/C20H22N6O3/c1-13-18(24-25-26(13)16-8-10-21-11-9-16)20(28)23-15-6-4-14(5-7-15)22-19(27)17-3-2-12-29-17/h2-7,12,16,21H,8-11H2,1H3,(H,22,27)(H,23,28). The van der Waals surface area contributed by atoms with Gasteiger partial charge < -0.3 is 20.4 Å². The number of hydrogen-bond acceptors (Lipinski definition) is 6. The van der Waals surface area contributed by atoms with Crippen LogP contribution in [0.1, 0.15) is 45.6 Å². The highest BCUT2D eigenvalue weighted by molar-refractivity contribution is 6.04. The zero-order chi connectivity index (χ0) is 20.2. The number of furan rings is 1. The van der Waals surface area contributed by atoms with Crippen LogP contribution in [-0.4, -0.2) is 39.9 Å². The average Bonchev–Trinajstić information content (AvgIpc) is 3.40. The van der Waals surface area contributed by atoms with Gasteiger partial charge in [0.05, 0.1) is 18.0 Å². The van der Waals surface area contributed by atoms with Gasteiger partial charge in [0.25, 0.3) is 11.8 Å². The molecule has 0 unspecified atom stereocenters. The molecule has 0 bridgehead atoms. The molecular weight excluding hydrogens is 372 g/mol. The lowest BCUT2D eigenvalue weighted by Crippen LogP contribution is -2.30. The first-order chi connectivity index (χ1) is 14.1. The van der Waals surface area contributed by atoms with Crippen molar-refractivity contribution in [3.8, 4) is 0 Å². The molecule has 1 fully saturated rings. The van der Waals surface area contributed by atoms with Crippen LogP contribution in [0.2, 0.25) is 0 Å². The Labute approximate surface area is 167 Å². The van der Waals surface area contributed by atoms with Gasteiger partial charge in [-0.25, -0.2) is 4.68 Å². The summed E-state index contributed by atoms with van der Waals surface area (Å²) < 4.78 is 6.91. The molecule has 0 aliphatic carbocycles. The van der Waals surface area contributed by atoms with E-state index in [4.69, 9.17) is 4.42 Å². The first kappa shape index (κ1) is 18.9. The Morgan fingerprint density at radius 1 is 1.07 bits per heavy atom. The normalized spacial score (nSPS) is 14.5. The molecule has 1 aromatic carbocycles. The summed E-state index contributed by atoms with van der Waals surface area (Å²) in [5.74, 6) is -0.415. The van der Waals surface area contributed by atoms with Gasteiger partial charge in [-0.1, -0.05) is 5.21 Å². The van der Waals surface area contributed by atoms with E-state index >= 15 is 0 Å². The van der Waals surface area contributed by atoms with Gasteiger partial charge in [-0.3, -0.25) is 9.59 Å². The van der Waals surface area contributed by atoms with Crippen molar-refractivity contribution in [3.63, 3.8) is 0 Å². The van der Waals surface area contributed by atoms with Crippen LogP contribution >= 0.6 is 0 Å². The van der Waals surface area contributed by atoms with E-state index in [2.05, 4.69) is 26.3 Å². The van der Waals surface area contributed by atoms with E-state index in [9.17, 15) is 9.59 Å². The second-order valence-corrected chi connectivity index (χ2v) is 6.91. The number of piperidine rings is 1. The molecule has 1 saturated heterocycles. The van der Waals surface area contributed by atoms with Crippen molar-refractivity contribution in [2.75, 3.05) is 23.7 Å². The van der Waals surface area contributed by atoms with Crippen LogP contribution in [0.3, 0.4) is 0 Å². The summed E-state index contributed by atoms with van der Waals surface area (Å²) in [6.07, 6.45) is 3.38. The second kappa shape index (κ2) is 8.27. The van der Waals surface area contributed by atoms with Crippen LogP contribution in [0.25, 0.3) is 0 Å². The summed E-state index contributed by atoms with van der Waals surface area (Å²) in [6, 6.07) is 10.3. The summed E-state index contributed by atoms with van der Waals surface area (Å²) in [7, 11) is 0. The van der Waals surface area contributed by atoms with Crippen molar-refractivity contribution in [1.82, 2.24) is 20.3 Å². The zero-order valence-electron chi connectivity index (χ0n) is 16.0. The molecule has 0 radical (unpaired) electrons. The molecule has 1 aliphatic rings. The van der Waals surface area contributed by atoms with Gasteiger partial charge in [0.1, 0.15) is 0 Å². The first-order valence-corrected chi connectivity index (χ1v) is 9.50. The van der Waals surface area contributed by atoms with Crippen LogP contribution in [0.5, 0.6) is 0 Å². The number of carbonyl (C=O) groups is 2. The van der Waals surface area contributed by atoms with E-state index in [0.717, 1.165) is 31.6 Å². The number of nitrogens with zero attached hydrogens (tertiary/aromatic N) is 3. The third-order valence-electron chi connectivity index (χ3n) is 4.94. The van der Waals surface area contributed by atoms with Gasteiger partial charge in [0.2, 0.25) is 0 Å². The second-order valence-electron chi connectivity index (χ2n) is 6.91. The minimum Gasteiger partial charge on any atom is -0.459 e. The molecule has 1 aliphatic heterocycles. The predicted octanol–water partition coefficient (Wildman–Crippen LogP) is 2.61. The minimum absolute atomic E-state index is 0.231. The third kappa shape index (κ3) is 4.19. The van der Waals surface area contributed by atoms with Gasteiger partial charge in [0, 0.05) is 11.4 Å². The Balaban J connectivity index is 1.39. The van der Waals surface area contributed by atoms with Crippen LogP contribution in [0.15, 0.2) is 47.1 Å². The molecular formula is C20H22N6O3. The van der Waals surface area contributed by atoms with Crippen LogP contribution in [-0.2, 0) is 0 Å². The lowest BCUT2D eigenvalue weighted by molar-refractivity contribution is 0.0994. The number of carbonyl (C=O) groups excluding carboxylic acids is 2. The van der Waals surface area contributed by atoms with Crippen molar-refractivity contribution >= 4 is 23.2 Å². The molecule has 0 saturated carbocycles. The molecule has 4 rings (SSSR count). The van der Waals surface area contributed by atoms with Gasteiger partial charge in [-0.15, -0.1) is 5.10 Å². The molecule has 2 aromatic heterocycles. The summed E-state index contributed by atoms with van der Waals surface area (Å²) in [5.41, 5.74) is 2.27. The first-order valence-electron chi connectivity index (χ1n) is 9.50. The molecule has 3 heterocycles. The summed E-state index contributed by atoms with van der Waals surface area (Å²) in [6.45, 7) is 3.74. The Hall–Kier alpha value is -3.46. The van der Waals surface area contributed by atoms with E-state index in [0.29, 0.717) is 17.1 Å². The van der Waals surface area contributed by atoms with E-state index in [1.807, 2.05) is 11.6 Å². The third-order valence-corrected chi connectivity index (χ3v) is 4.94. The molecule has 9 nitrogen and oxygen atoms in total. The topological polar surface area (TPSA) is 114 Å². The summed E-state index contributed by atoms with van der Waals surface area (Å²) in [4.78, 5) is 24.6. The van der Waals surface area contributed by atoms with Crippen molar-refractivity contribution in [1.29, 1.82) is 0 Å². The number of rotatable bonds is 5. The average molecular weight is 394 g/mol. The lowest BCUT2D eigenvalue weighted by atomic mass is 10.1. The molecule has 150 valence electrons. The number of aromatic nitrogens is 3. The van der Waals surface area contributed by atoms with Crippen LogP contribution in [0, 0.1) is 6.92 Å². The van der Waals surface area contributed by atoms with Gasteiger partial charge in [-0.2, -0.15) is 0 Å². The maximum atomic E-state index is 12.6. The fourth-order valence-electron chi connectivity index (χ4n) is 3.38.